The highest BCUT2D eigenvalue weighted by Gasteiger charge is 2.38. The Labute approximate surface area is 54.8 Å². The zero-order chi connectivity index (χ0) is 6.27. The molecule has 2 rings (SSSR count). The van der Waals surface area contributed by atoms with E-state index in [0.29, 0.717) is 18.6 Å². The van der Waals surface area contributed by atoms with E-state index in [2.05, 4.69) is 0 Å². The Kier molecular flexibility index (Phi) is 1.24. The van der Waals surface area contributed by atoms with Gasteiger partial charge in [0.2, 0.25) is 0 Å². The van der Waals surface area contributed by atoms with Gasteiger partial charge in [-0.05, 0) is 12.8 Å². The molecule has 2 fully saturated rings. The molecule has 9 heavy (non-hydrogen) atoms. The van der Waals surface area contributed by atoms with E-state index in [1.165, 1.54) is 19.3 Å². The molecule has 1 heterocycles. The summed E-state index contributed by atoms with van der Waals surface area (Å²) < 4.78 is 5.34. The van der Waals surface area contributed by atoms with Crippen LogP contribution in [0.3, 0.4) is 0 Å². The van der Waals surface area contributed by atoms with E-state index in [1.807, 2.05) is 0 Å². The third-order valence-corrected chi connectivity index (χ3v) is 2.48. The summed E-state index contributed by atoms with van der Waals surface area (Å²) in [6, 6.07) is 0. The van der Waals surface area contributed by atoms with Crippen LogP contribution in [0.4, 0.5) is 0 Å². The van der Waals surface area contributed by atoms with Gasteiger partial charge >= 0.3 is 0 Å². The van der Waals surface area contributed by atoms with E-state index >= 15 is 0 Å². The van der Waals surface area contributed by atoms with E-state index in [1.54, 1.807) is 0 Å². The maximum absolute atomic E-state index is 9.27. The first-order valence-corrected chi connectivity index (χ1v) is 3.67. The molecule has 0 aromatic rings. The molecule has 0 aromatic carbocycles. The summed E-state index contributed by atoms with van der Waals surface area (Å²) in [5, 5.41) is 9.27. The minimum absolute atomic E-state index is 0.155. The fourth-order valence-corrected chi connectivity index (χ4v) is 1.95. The SMILES string of the molecule is OC1COC2CCCC12. The molecule has 52 valence electrons. The van der Waals surface area contributed by atoms with Crippen molar-refractivity contribution in [2.45, 2.75) is 31.5 Å². The van der Waals surface area contributed by atoms with E-state index < -0.39 is 0 Å². The lowest BCUT2D eigenvalue weighted by Crippen LogP contribution is -2.18. The average molecular weight is 128 g/mol. The quantitative estimate of drug-likeness (QED) is 0.516. The van der Waals surface area contributed by atoms with Gasteiger partial charge in [0.25, 0.3) is 0 Å². The zero-order valence-electron chi connectivity index (χ0n) is 5.42. The first kappa shape index (κ1) is 5.69. The van der Waals surface area contributed by atoms with Gasteiger partial charge in [-0.2, -0.15) is 0 Å². The predicted molar refractivity (Wildman–Crippen MR) is 33.1 cm³/mol. The van der Waals surface area contributed by atoms with Crippen molar-refractivity contribution < 1.29 is 9.84 Å². The van der Waals surface area contributed by atoms with Crippen molar-refractivity contribution in [3.05, 3.63) is 0 Å². The predicted octanol–water partition coefficient (Wildman–Crippen LogP) is 0.546. The zero-order valence-corrected chi connectivity index (χ0v) is 5.42. The molecule has 2 aliphatic rings. The summed E-state index contributed by atoms with van der Waals surface area (Å²) in [6.45, 7) is 0.579. The first-order valence-electron chi connectivity index (χ1n) is 3.67. The lowest BCUT2D eigenvalue weighted by molar-refractivity contribution is 0.0861. The van der Waals surface area contributed by atoms with Crippen LogP contribution in [0.2, 0.25) is 0 Å². The van der Waals surface area contributed by atoms with Crippen molar-refractivity contribution in [2.24, 2.45) is 5.92 Å². The second-order valence-electron chi connectivity index (χ2n) is 3.03. The summed E-state index contributed by atoms with van der Waals surface area (Å²) in [7, 11) is 0. The summed E-state index contributed by atoms with van der Waals surface area (Å²) in [5.41, 5.74) is 0. The van der Waals surface area contributed by atoms with Crippen LogP contribution in [0, 0.1) is 5.92 Å². The smallest absolute Gasteiger partial charge is 0.0826 e. The van der Waals surface area contributed by atoms with E-state index in [0.717, 1.165) is 0 Å². The fraction of sp³-hybridized carbons (Fsp3) is 1.00. The number of rotatable bonds is 0. The molecule has 0 aromatic heterocycles. The summed E-state index contributed by atoms with van der Waals surface area (Å²) >= 11 is 0. The van der Waals surface area contributed by atoms with E-state index in [4.69, 9.17) is 4.74 Å². The molecular weight excluding hydrogens is 116 g/mol. The molecule has 1 saturated carbocycles. The highest BCUT2D eigenvalue weighted by atomic mass is 16.5. The fourth-order valence-electron chi connectivity index (χ4n) is 1.95. The monoisotopic (exact) mass is 128 g/mol. The van der Waals surface area contributed by atoms with Crippen LogP contribution in [-0.4, -0.2) is 23.9 Å². The third kappa shape index (κ3) is 0.775. The molecule has 1 N–H and O–H groups in total. The molecule has 0 spiro atoms. The van der Waals surface area contributed by atoms with Crippen molar-refractivity contribution in [3.63, 3.8) is 0 Å². The molecule has 0 amide bonds. The highest BCUT2D eigenvalue weighted by Crippen LogP contribution is 2.35. The minimum Gasteiger partial charge on any atom is -0.390 e. The minimum atomic E-state index is -0.155. The van der Waals surface area contributed by atoms with Crippen molar-refractivity contribution in [3.8, 4) is 0 Å². The van der Waals surface area contributed by atoms with Crippen molar-refractivity contribution in [1.82, 2.24) is 0 Å². The van der Waals surface area contributed by atoms with Gasteiger partial charge in [0.1, 0.15) is 0 Å². The Hall–Kier alpha value is -0.0800. The number of ether oxygens (including phenoxy) is 1. The molecule has 2 nitrogen and oxygen atoms in total. The van der Waals surface area contributed by atoms with Crippen molar-refractivity contribution >= 4 is 0 Å². The Bertz CT molecular complexity index is 113. The van der Waals surface area contributed by atoms with Crippen LogP contribution >= 0.6 is 0 Å². The number of hydrogen-bond donors (Lipinski definition) is 1. The van der Waals surface area contributed by atoms with Gasteiger partial charge in [0.05, 0.1) is 18.8 Å². The van der Waals surface area contributed by atoms with Crippen LogP contribution in [0.1, 0.15) is 19.3 Å². The maximum atomic E-state index is 9.27. The Morgan fingerprint density at radius 2 is 2.22 bits per heavy atom. The lowest BCUT2D eigenvalue weighted by atomic mass is 10.0. The lowest BCUT2D eigenvalue weighted by Gasteiger charge is -2.08. The van der Waals surface area contributed by atoms with Gasteiger partial charge in [-0.1, -0.05) is 6.42 Å². The highest BCUT2D eigenvalue weighted by molar-refractivity contribution is 4.88. The van der Waals surface area contributed by atoms with Gasteiger partial charge in [-0.25, -0.2) is 0 Å². The number of fused-ring (bicyclic) bond motifs is 1. The largest absolute Gasteiger partial charge is 0.390 e. The second kappa shape index (κ2) is 1.96. The molecule has 1 aliphatic heterocycles. The van der Waals surface area contributed by atoms with Crippen LogP contribution in [0.5, 0.6) is 0 Å². The molecular formula is C7H12O2. The molecule has 3 unspecified atom stereocenters. The molecule has 0 radical (unpaired) electrons. The average Bonchev–Trinajstić information content (AvgIpc) is 2.35. The van der Waals surface area contributed by atoms with Gasteiger partial charge < -0.3 is 9.84 Å². The Balaban J connectivity index is 2.07. The van der Waals surface area contributed by atoms with Crippen LogP contribution in [0.25, 0.3) is 0 Å². The van der Waals surface area contributed by atoms with Gasteiger partial charge in [0, 0.05) is 5.92 Å². The van der Waals surface area contributed by atoms with Gasteiger partial charge in [-0.15, -0.1) is 0 Å². The van der Waals surface area contributed by atoms with Crippen molar-refractivity contribution in [2.75, 3.05) is 6.61 Å². The van der Waals surface area contributed by atoms with E-state index in [9.17, 15) is 5.11 Å². The molecule has 0 bridgehead atoms. The van der Waals surface area contributed by atoms with E-state index in [-0.39, 0.29) is 6.10 Å². The van der Waals surface area contributed by atoms with Gasteiger partial charge in [0.15, 0.2) is 0 Å². The van der Waals surface area contributed by atoms with Crippen LogP contribution in [0.15, 0.2) is 0 Å². The molecule has 1 saturated heterocycles. The third-order valence-electron chi connectivity index (χ3n) is 2.48. The standard InChI is InChI=1S/C7H12O2/c8-6-4-9-7-3-1-2-5(6)7/h5-8H,1-4H2. The van der Waals surface area contributed by atoms with Gasteiger partial charge in [-0.3, -0.25) is 0 Å². The summed E-state index contributed by atoms with van der Waals surface area (Å²) in [5.74, 6) is 0.477. The Morgan fingerprint density at radius 1 is 1.33 bits per heavy atom. The van der Waals surface area contributed by atoms with Crippen LogP contribution in [-0.2, 0) is 4.74 Å². The summed E-state index contributed by atoms with van der Waals surface area (Å²) in [6.07, 6.45) is 3.83. The maximum Gasteiger partial charge on any atom is 0.0826 e. The van der Waals surface area contributed by atoms with Crippen molar-refractivity contribution in [1.29, 1.82) is 0 Å². The number of hydrogen-bond acceptors (Lipinski definition) is 2. The summed E-state index contributed by atoms with van der Waals surface area (Å²) in [4.78, 5) is 0. The first-order chi connectivity index (χ1) is 4.38. The van der Waals surface area contributed by atoms with Crippen LogP contribution < -0.4 is 0 Å². The topological polar surface area (TPSA) is 29.5 Å². The number of aliphatic hydroxyl groups excluding tert-OH is 1. The molecule has 3 atom stereocenters. The normalized spacial score (nSPS) is 49.7. The molecule has 2 heteroatoms. The molecule has 1 aliphatic carbocycles. The number of aliphatic hydroxyl groups is 1. The second-order valence-corrected chi connectivity index (χ2v) is 3.03. The Morgan fingerprint density at radius 3 is 3.00 bits per heavy atom.